The molecule has 1 aromatic heterocycles. The molecule has 0 saturated heterocycles. The van der Waals surface area contributed by atoms with E-state index < -0.39 is 5.76 Å². The van der Waals surface area contributed by atoms with Crippen LogP contribution in [-0.2, 0) is 0 Å². The molecule has 16 heavy (non-hydrogen) atoms. The van der Waals surface area contributed by atoms with Crippen molar-refractivity contribution in [2.45, 2.75) is 6.92 Å². The molecule has 0 aliphatic carbocycles. The molecule has 5 heteroatoms. The van der Waals surface area contributed by atoms with Crippen LogP contribution >= 0.6 is 0 Å². The number of hydrogen-bond donors (Lipinski definition) is 3. The lowest BCUT2D eigenvalue weighted by molar-refractivity contribution is 0.555. The number of hydrogen-bond acceptors (Lipinski definition) is 4. The van der Waals surface area contributed by atoms with Crippen LogP contribution in [0.1, 0.15) is 6.92 Å². The normalized spacial score (nSPS) is 10.8. The molecular formula is C11H15N3O2. The summed E-state index contributed by atoms with van der Waals surface area (Å²) in [4.78, 5) is 13.6. The first-order chi connectivity index (χ1) is 7.79. The van der Waals surface area contributed by atoms with Gasteiger partial charge in [0.25, 0.3) is 0 Å². The molecule has 2 rings (SSSR count). The Kier molecular flexibility index (Phi) is 3.26. The van der Waals surface area contributed by atoms with Crippen molar-refractivity contribution in [3.05, 3.63) is 28.7 Å². The average Bonchev–Trinajstić information content (AvgIpc) is 2.64. The molecule has 2 aromatic rings. The minimum absolute atomic E-state index is 0.417. The molecule has 0 fully saturated rings. The number of aromatic amines is 1. The second-order valence-electron chi connectivity index (χ2n) is 3.51. The summed E-state index contributed by atoms with van der Waals surface area (Å²) in [6.45, 7) is 4.80. The van der Waals surface area contributed by atoms with Crippen molar-refractivity contribution in [2.24, 2.45) is 0 Å². The molecular weight excluding hydrogens is 206 g/mol. The summed E-state index contributed by atoms with van der Waals surface area (Å²) in [7, 11) is 0. The summed E-state index contributed by atoms with van der Waals surface area (Å²) in [6, 6.07) is 5.54. The summed E-state index contributed by atoms with van der Waals surface area (Å²) < 4.78 is 4.91. The summed E-state index contributed by atoms with van der Waals surface area (Å²) in [5, 5.41) is 6.48. The molecule has 0 aliphatic heterocycles. The molecule has 0 amide bonds. The van der Waals surface area contributed by atoms with Crippen LogP contribution in [-0.4, -0.2) is 24.6 Å². The lowest BCUT2D eigenvalue weighted by atomic mass is 10.3. The average molecular weight is 221 g/mol. The van der Waals surface area contributed by atoms with Crippen molar-refractivity contribution < 1.29 is 4.42 Å². The van der Waals surface area contributed by atoms with Crippen molar-refractivity contribution >= 4 is 16.8 Å². The molecule has 0 saturated carbocycles. The van der Waals surface area contributed by atoms with Crippen molar-refractivity contribution in [3.63, 3.8) is 0 Å². The Morgan fingerprint density at radius 3 is 3.06 bits per heavy atom. The minimum Gasteiger partial charge on any atom is -0.408 e. The van der Waals surface area contributed by atoms with E-state index in [1.165, 1.54) is 0 Å². The number of nitrogens with one attached hydrogen (secondary N) is 3. The first kappa shape index (κ1) is 10.8. The van der Waals surface area contributed by atoms with Gasteiger partial charge in [-0.2, -0.15) is 0 Å². The fourth-order valence-corrected chi connectivity index (χ4v) is 1.53. The quantitative estimate of drug-likeness (QED) is 0.662. The van der Waals surface area contributed by atoms with E-state index in [2.05, 4.69) is 22.5 Å². The minimum atomic E-state index is -0.417. The zero-order valence-corrected chi connectivity index (χ0v) is 9.17. The van der Waals surface area contributed by atoms with Crippen molar-refractivity contribution in [2.75, 3.05) is 25.0 Å². The molecule has 1 aromatic carbocycles. The van der Waals surface area contributed by atoms with Crippen LogP contribution in [0.25, 0.3) is 11.1 Å². The maximum absolute atomic E-state index is 10.9. The third-order valence-electron chi connectivity index (χ3n) is 2.30. The molecule has 0 atom stereocenters. The molecule has 0 unspecified atom stereocenters. The Morgan fingerprint density at radius 2 is 2.25 bits per heavy atom. The predicted octanol–water partition coefficient (Wildman–Crippen LogP) is 1.14. The Labute approximate surface area is 92.8 Å². The van der Waals surface area contributed by atoms with Gasteiger partial charge in [-0.3, -0.25) is 4.98 Å². The first-order valence-corrected chi connectivity index (χ1v) is 5.37. The van der Waals surface area contributed by atoms with Crippen LogP contribution in [0.5, 0.6) is 0 Å². The van der Waals surface area contributed by atoms with Crippen LogP contribution in [0, 0.1) is 0 Å². The maximum Gasteiger partial charge on any atom is 0.417 e. The van der Waals surface area contributed by atoms with E-state index in [1.54, 1.807) is 6.07 Å². The molecule has 0 bridgehead atoms. The van der Waals surface area contributed by atoms with E-state index in [0.29, 0.717) is 5.58 Å². The van der Waals surface area contributed by atoms with Gasteiger partial charge in [-0.15, -0.1) is 0 Å². The van der Waals surface area contributed by atoms with E-state index in [0.717, 1.165) is 30.8 Å². The van der Waals surface area contributed by atoms with Crippen molar-refractivity contribution in [3.8, 4) is 0 Å². The van der Waals surface area contributed by atoms with E-state index in [4.69, 9.17) is 4.42 Å². The fraction of sp³-hybridized carbons (Fsp3) is 0.364. The largest absolute Gasteiger partial charge is 0.417 e. The van der Waals surface area contributed by atoms with E-state index in [1.807, 2.05) is 12.1 Å². The summed E-state index contributed by atoms with van der Waals surface area (Å²) >= 11 is 0. The van der Waals surface area contributed by atoms with Crippen LogP contribution in [0.3, 0.4) is 0 Å². The lowest BCUT2D eigenvalue weighted by Gasteiger charge is -2.05. The lowest BCUT2D eigenvalue weighted by Crippen LogP contribution is -2.21. The summed E-state index contributed by atoms with van der Waals surface area (Å²) in [5.41, 5.74) is 2.28. The molecule has 86 valence electrons. The van der Waals surface area contributed by atoms with Gasteiger partial charge in [0.05, 0.1) is 5.52 Å². The SMILES string of the molecule is CCNCCNc1ccc2oc(=O)[nH]c2c1. The highest BCUT2D eigenvalue weighted by Gasteiger charge is 2.01. The topological polar surface area (TPSA) is 70.1 Å². The van der Waals surface area contributed by atoms with Gasteiger partial charge in [0, 0.05) is 18.8 Å². The third kappa shape index (κ3) is 2.43. The van der Waals surface area contributed by atoms with Gasteiger partial charge in [0.15, 0.2) is 5.58 Å². The number of rotatable bonds is 5. The van der Waals surface area contributed by atoms with Crippen LogP contribution in [0.15, 0.2) is 27.4 Å². The smallest absolute Gasteiger partial charge is 0.408 e. The monoisotopic (exact) mass is 221 g/mol. The predicted molar refractivity (Wildman–Crippen MR) is 63.9 cm³/mol. The Hall–Kier alpha value is -1.75. The number of H-pyrrole nitrogens is 1. The molecule has 0 radical (unpaired) electrons. The number of aromatic nitrogens is 1. The van der Waals surface area contributed by atoms with Crippen molar-refractivity contribution in [1.82, 2.24) is 10.3 Å². The van der Waals surface area contributed by atoms with Gasteiger partial charge in [0.2, 0.25) is 0 Å². The molecule has 1 heterocycles. The van der Waals surface area contributed by atoms with Crippen LogP contribution in [0.2, 0.25) is 0 Å². The Morgan fingerprint density at radius 1 is 1.38 bits per heavy atom. The van der Waals surface area contributed by atoms with E-state index in [9.17, 15) is 4.79 Å². The number of fused-ring (bicyclic) bond motifs is 1. The third-order valence-corrected chi connectivity index (χ3v) is 2.30. The number of oxazole rings is 1. The van der Waals surface area contributed by atoms with Crippen LogP contribution in [0.4, 0.5) is 5.69 Å². The number of likely N-dealkylation sites (N-methyl/N-ethyl adjacent to an activating group) is 1. The van der Waals surface area contributed by atoms with Gasteiger partial charge < -0.3 is 15.1 Å². The zero-order chi connectivity index (χ0) is 11.4. The van der Waals surface area contributed by atoms with E-state index in [-0.39, 0.29) is 0 Å². The molecule has 3 N–H and O–H groups in total. The highest BCUT2D eigenvalue weighted by Crippen LogP contribution is 2.15. The fourth-order valence-electron chi connectivity index (χ4n) is 1.53. The molecule has 5 nitrogen and oxygen atoms in total. The Balaban J connectivity index is 2.04. The van der Waals surface area contributed by atoms with Gasteiger partial charge in [-0.1, -0.05) is 6.92 Å². The van der Waals surface area contributed by atoms with Gasteiger partial charge in [-0.25, -0.2) is 4.79 Å². The van der Waals surface area contributed by atoms with Gasteiger partial charge in [-0.05, 0) is 24.7 Å². The highest BCUT2D eigenvalue weighted by molar-refractivity contribution is 5.76. The van der Waals surface area contributed by atoms with E-state index >= 15 is 0 Å². The molecule has 0 aliphatic rings. The maximum atomic E-state index is 10.9. The van der Waals surface area contributed by atoms with Crippen LogP contribution < -0.4 is 16.4 Å². The number of benzene rings is 1. The number of anilines is 1. The van der Waals surface area contributed by atoms with Gasteiger partial charge >= 0.3 is 5.76 Å². The first-order valence-electron chi connectivity index (χ1n) is 5.37. The second kappa shape index (κ2) is 4.85. The second-order valence-corrected chi connectivity index (χ2v) is 3.51. The zero-order valence-electron chi connectivity index (χ0n) is 9.17. The Bertz CT molecular complexity index is 515. The highest BCUT2D eigenvalue weighted by atomic mass is 16.4. The summed E-state index contributed by atoms with van der Waals surface area (Å²) in [6.07, 6.45) is 0. The molecule has 0 spiro atoms. The summed E-state index contributed by atoms with van der Waals surface area (Å²) in [5.74, 6) is -0.417. The standard InChI is InChI=1S/C11H15N3O2/c1-2-12-5-6-13-8-3-4-10-9(7-8)14-11(15)16-10/h3-4,7,12-13H,2,5-6H2,1H3,(H,14,15). The van der Waals surface area contributed by atoms with Gasteiger partial charge in [0.1, 0.15) is 0 Å². The van der Waals surface area contributed by atoms with Crippen molar-refractivity contribution in [1.29, 1.82) is 0 Å².